The highest BCUT2D eigenvalue weighted by Gasteiger charge is 2.52. The van der Waals surface area contributed by atoms with E-state index < -0.39 is 28.0 Å². The first-order valence-corrected chi connectivity index (χ1v) is 8.13. The highest BCUT2D eigenvalue weighted by Crippen LogP contribution is 2.48. The molecule has 2 aliphatic carbocycles. The van der Waals surface area contributed by atoms with E-state index in [4.69, 9.17) is 0 Å². The Hall–Kier alpha value is -1.41. The average Bonchev–Trinajstić information content (AvgIpc) is 3.02. The molecule has 4 atom stereocenters. The molecule has 0 aliphatic heterocycles. The lowest BCUT2D eigenvalue weighted by Gasteiger charge is -2.28. The molecule has 0 amide bonds. The van der Waals surface area contributed by atoms with Gasteiger partial charge in [0.1, 0.15) is 5.82 Å². The molecule has 110 valence electrons. The molecule has 0 aromatic carbocycles. The maximum Gasteiger partial charge on any atom is 0.308 e. The fourth-order valence-electron chi connectivity index (χ4n) is 3.59. The number of carboxylic acid groups (broad SMARTS) is 1. The van der Waals surface area contributed by atoms with E-state index in [1.165, 1.54) is 6.20 Å². The van der Waals surface area contributed by atoms with E-state index >= 15 is 0 Å². The number of aromatic nitrogens is 2. The number of nitrogens with zero attached hydrogens (tertiary/aromatic N) is 1. The monoisotopic (exact) mass is 299 g/mol. The molecule has 0 spiro atoms. The van der Waals surface area contributed by atoms with Crippen LogP contribution < -0.4 is 4.72 Å². The Labute approximate surface area is 116 Å². The summed E-state index contributed by atoms with van der Waals surface area (Å²) in [6.07, 6.45) is 3.82. The summed E-state index contributed by atoms with van der Waals surface area (Å²) in [7, 11) is -3.74. The molecule has 1 aromatic heterocycles. The Morgan fingerprint density at radius 3 is 2.75 bits per heavy atom. The molecule has 1 aromatic rings. The summed E-state index contributed by atoms with van der Waals surface area (Å²) in [6, 6.07) is -0.514. The van der Waals surface area contributed by atoms with Crippen LogP contribution in [0.25, 0.3) is 0 Å². The predicted molar refractivity (Wildman–Crippen MR) is 69.4 cm³/mol. The minimum Gasteiger partial charge on any atom is -0.481 e. The molecule has 7 nitrogen and oxygen atoms in total. The van der Waals surface area contributed by atoms with Crippen LogP contribution in [-0.4, -0.2) is 35.5 Å². The molecule has 1 heterocycles. The number of aliphatic carboxylic acids is 1. The van der Waals surface area contributed by atoms with E-state index in [1.807, 2.05) is 0 Å². The first-order chi connectivity index (χ1) is 9.38. The molecule has 0 saturated heterocycles. The first kappa shape index (κ1) is 13.6. The van der Waals surface area contributed by atoms with Crippen molar-refractivity contribution in [3.8, 4) is 0 Å². The molecule has 2 aliphatic rings. The summed E-state index contributed by atoms with van der Waals surface area (Å²) in [6.45, 7) is 1.66. The Morgan fingerprint density at radius 1 is 1.45 bits per heavy atom. The summed E-state index contributed by atoms with van der Waals surface area (Å²) >= 11 is 0. The zero-order valence-corrected chi connectivity index (χ0v) is 11.9. The fraction of sp³-hybridized carbons (Fsp3) is 0.667. The van der Waals surface area contributed by atoms with Crippen LogP contribution in [0.1, 0.15) is 25.1 Å². The molecule has 0 radical (unpaired) electrons. The second kappa shape index (κ2) is 4.56. The smallest absolute Gasteiger partial charge is 0.308 e. The van der Waals surface area contributed by atoms with E-state index in [0.29, 0.717) is 5.82 Å². The van der Waals surface area contributed by atoms with Crippen LogP contribution in [0.4, 0.5) is 0 Å². The Bertz CT molecular complexity index is 639. The van der Waals surface area contributed by atoms with E-state index in [2.05, 4.69) is 14.7 Å². The third-order valence-electron chi connectivity index (χ3n) is 4.46. The van der Waals surface area contributed by atoms with Crippen molar-refractivity contribution >= 4 is 16.0 Å². The molecule has 3 rings (SSSR count). The van der Waals surface area contributed by atoms with E-state index in [-0.39, 0.29) is 16.9 Å². The van der Waals surface area contributed by atoms with Crippen molar-refractivity contribution in [2.75, 3.05) is 0 Å². The first-order valence-electron chi connectivity index (χ1n) is 6.65. The highest BCUT2D eigenvalue weighted by atomic mass is 32.2. The Kier molecular flexibility index (Phi) is 3.09. The van der Waals surface area contributed by atoms with Gasteiger partial charge in [-0.15, -0.1) is 0 Å². The second-order valence-electron chi connectivity index (χ2n) is 5.68. The van der Waals surface area contributed by atoms with Gasteiger partial charge in [-0.1, -0.05) is 0 Å². The van der Waals surface area contributed by atoms with Crippen LogP contribution in [-0.2, 0) is 14.8 Å². The molecule has 2 bridgehead atoms. The summed E-state index contributed by atoms with van der Waals surface area (Å²) in [4.78, 5) is 17.9. The molecule has 3 N–H and O–H groups in total. The van der Waals surface area contributed by atoms with Crippen LogP contribution >= 0.6 is 0 Å². The van der Waals surface area contributed by atoms with Gasteiger partial charge in [0.2, 0.25) is 0 Å². The largest absolute Gasteiger partial charge is 0.481 e. The highest BCUT2D eigenvalue weighted by molar-refractivity contribution is 7.89. The number of carboxylic acids is 1. The number of aryl methyl sites for hydroxylation is 1. The number of rotatable bonds is 4. The van der Waals surface area contributed by atoms with E-state index in [9.17, 15) is 18.3 Å². The maximum atomic E-state index is 12.3. The van der Waals surface area contributed by atoms with Crippen molar-refractivity contribution in [3.63, 3.8) is 0 Å². The lowest BCUT2D eigenvalue weighted by molar-refractivity contribution is -0.144. The van der Waals surface area contributed by atoms with Gasteiger partial charge in [-0.2, -0.15) is 0 Å². The number of fused-ring (bicyclic) bond motifs is 2. The lowest BCUT2D eigenvalue weighted by Crippen LogP contribution is -2.46. The summed E-state index contributed by atoms with van der Waals surface area (Å²) in [5, 5.41) is 9.31. The summed E-state index contributed by atoms with van der Waals surface area (Å²) in [5.74, 6) is -0.806. The maximum absolute atomic E-state index is 12.3. The minimum absolute atomic E-state index is 0.0121. The number of aromatic amines is 1. The number of hydrogen-bond acceptors (Lipinski definition) is 4. The lowest BCUT2D eigenvalue weighted by atomic mass is 9.85. The van der Waals surface area contributed by atoms with Crippen molar-refractivity contribution < 1.29 is 18.3 Å². The Balaban J connectivity index is 1.85. The average molecular weight is 299 g/mol. The second-order valence-corrected chi connectivity index (χ2v) is 7.36. The van der Waals surface area contributed by atoms with Crippen molar-refractivity contribution in [1.82, 2.24) is 14.7 Å². The van der Waals surface area contributed by atoms with Gasteiger partial charge in [0, 0.05) is 6.04 Å². The van der Waals surface area contributed by atoms with Crippen molar-refractivity contribution in [2.24, 2.45) is 17.8 Å². The van der Waals surface area contributed by atoms with Gasteiger partial charge in [-0.05, 0) is 38.0 Å². The number of imidazole rings is 1. The molecular weight excluding hydrogens is 282 g/mol. The number of carbonyl (C=O) groups is 1. The van der Waals surface area contributed by atoms with Crippen molar-refractivity contribution in [1.29, 1.82) is 0 Å². The predicted octanol–water partition coefficient (Wildman–Crippen LogP) is 0.496. The quantitative estimate of drug-likeness (QED) is 0.749. The normalized spacial score (nSPS) is 32.6. The summed E-state index contributed by atoms with van der Waals surface area (Å²) < 4.78 is 27.1. The van der Waals surface area contributed by atoms with Gasteiger partial charge in [0.25, 0.3) is 10.0 Å². The number of nitrogens with one attached hydrogen (secondary N) is 2. The SMILES string of the molecule is Cc1ncc(S(=O)(=O)NC2C3CCC(C3)C2C(=O)O)[nH]1. The van der Waals surface area contributed by atoms with E-state index in [1.54, 1.807) is 6.92 Å². The van der Waals surface area contributed by atoms with Gasteiger partial charge < -0.3 is 10.1 Å². The van der Waals surface area contributed by atoms with Crippen LogP contribution in [0.5, 0.6) is 0 Å². The zero-order chi connectivity index (χ0) is 14.5. The molecular formula is C12H17N3O4S. The van der Waals surface area contributed by atoms with Gasteiger partial charge in [0.15, 0.2) is 5.03 Å². The topological polar surface area (TPSA) is 112 Å². The van der Waals surface area contributed by atoms with Crippen LogP contribution in [0, 0.1) is 24.7 Å². The number of hydrogen-bond donors (Lipinski definition) is 3. The minimum atomic E-state index is -3.74. The van der Waals surface area contributed by atoms with Gasteiger partial charge in [-0.25, -0.2) is 18.1 Å². The number of H-pyrrole nitrogens is 1. The standard InChI is InChI=1S/C12H17N3O4S/c1-6-13-5-9(14-6)20(18,19)15-11-8-3-2-7(4-8)10(11)12(16)17/h5,7-8,10-11,15H,2-4H2,1H3,(H,13,14)(H,16,17). The van der Waals surface area contributed by atoms with Crippen LogP contribution in [0.2, 0.25) is 0 Å². The van der Waals surface area contributed by atoms with Gasteiger partial charge in [0.05, 0.1) is 12.1 Å². The van der Waals surface area contributed by atoms with Crippen LogP contribution in [0.3, 0.4) is 0 Å². The third-order valence-corrected chi connectivity index (χ3v) is 5.83. The van der Waals surface area contributed by atoms with Crippen LogP contribution in [0.15, 0.2) is 11.2 Å². The third kappa shape index (κ3) is 2.12. The van der Waals surface area contributed by atoms with Crippen molar-refractivity contribution in [3.05, 3.63) is 12.0 Å². The van der Waals surface area contributed by atoms with Gasteiger partial charge in [-0.3, -0.25) is 4.79 Å². The van der Waals surface area contributed by atoms with Gasteiger partial charge >= 0.3 is 5.97 Å². The number of sulfonamides is 1. The zero-order valence-electron chi connectivity index (χ0n) is 11.0. The fourth-order valence-corrected chi connectivity index (χ4v) is 4.89. The molecule has 4 unspecified atom stereocenters. The van der Waals surface area contributed by atoms with E-state index in [0.717, 1.165) is 19.3 Å². The molecule has 20 heavy (non-hydrogen) atoms. The molecule has 8 heteroatoms. The Morgan fingerprint density at radius 2 is 2.15 bits per heavy atom. The summed E-state index contributed by atoms with van der Waals surface area (Å²) in [5.41, 5.74) is 0. The molecule has 2 saturated carbocycles. The molecule has 2 fully saturated rings. The van der Waals surface area contributed by atoms with Crippen molar-refractivity contribution in [2.45, 2.75) is 37.3 Å².